The van der Waals surface area contributed by atoms with Crippen LogP contribution in [0.25, 0.3) is 0 Å². The first-order chi connectivity index (χ1) is 7.38. The van der Waals surface area contributed by atoms with Crippen LogP contribution in [-0.2, 0) is 0 Å². The van der Waals surface area contributed by atoms with E-state index in [4.69, 9.17) is 5.26 Å². The fourth-order valence-electron chi connectivity index (χ4n) is 1.61. The molecular formula is C10H13N5. The van der Waals surface area contributed by atoms with Gasteiger partial charge in [-0.15, -0.1) is 0 Å². The summed E-state index contributed by atoms with van der Waals surface area (Å²) in [5.74, 6) is 0.705. The van der Waals surface area contributed by atoms with Crippen LogP contribution in [0.15, 0.2) is 12.4 Å². The van der Waals surface area contributed by atoms with E-state index in [0.29, 0.717) is 11.5 Å². The van der Waals surface area contributed by atoms with E-state index in [1.807, 2.05) is 6.07 Å². The topological polar surface area (TPSA) is 64.8 Å². The van der Waals surface area contributed by atoms with Gasteiger partial charge in [0.25, 0.3) is 0 Å². The smallest absolute Gasteiger partial charge is 0.159 e. The van der Waals surface area contributed by atoms with Gasteiger partial charge < -0.3 is 5.43 Å². The van der Waals surface area contributed by atoms with Crippen LogP contribution in [0.1, 0.15) is 25.0 Å². The van der Waals surface area contributed by atoms with Crippen molar-refractivity contribution in [2.75, 3.05) is 18.5 Å². The summed E-state index contributed by atoms with van der Waals surface area (Å²) in [4.78, 5) is 8.06. The first kappa shape index (κ1) is 9.87. The Bertz CT molecular complexity index is 347. The second kappa shape index (κ2) is 4.71. The molecule has 2 heterocycles. The summed E-state index contributed by atoms with van der Waals surface area (Å²) < 4.78 is 0. The Hall–Kier alpha value is -1.67. The van der Waals surface area contributed by atoms with Crippen LogP contribution in [0.2, 0.25) is 0 Å². The van der Waals surface area contributed by atoms with Gasteiger partial charge in [0.15, 0.2) is 11.5 Å². The van der Waals surface area contributed by atoms with Gasteiger partial charge in [0.1, 0.15) is 6.07 Å². The molecule has 2 rings (SSSR count). The minimum atomic E-state index is 0.346. The molecule has 5 heteroatoms. The number of hydrazine groups is 1. The van der Waals surface area contributed by atoms with E-state index in [1.165, 1.54) is 25.5 Å². The van der Waals surface area contributed by atoms with Crippen molar-refractivity contribution >= 4 is 5.82 Å². The lowest BCUT2D eigenvalue weighted by atomic mass is 10.2. The number of nitriles is 1. The quantitative estimate of drug-likeness (QED) is 0.781. The predicted octanol–water partition coefficient (Wildman–Crippen LogP) is 1.16. The largest absolute Gasteiger partial charge is 0.302 e. The van der Waals surface area contributed by atoms with E-state index < -0.39 is 0 Å². The lowest BCUT2D eigenvalue weighted by molar-refractivity contribution is 0.272. The molecule has 1 saturated heterocycles. The molecule has 78 valence electrons. The SMILES string of the molecule is N#Cc1cnc(NN2CCCCC2)cn1. The molecule has 1 fully saturated rings. The zero-order chi connectivity index (χ0) is 10.5. The lowest BCUT2D eigenvalue weighted by Gasteiger charge is -2.26. The summed E-state index contributed by atoms with van der Waals surface area (Å²) in [5, 5.41) is 10.7. The molecule has 0 amide bonds. The predicted molar refractivity (Wildman–Crippen MR) is 55.8 cm³/mol. The third-order valence-electron chi connectivity index (χ3n) is 2.40. The molecular weight excluding hydrogens is 190 g/mol. The van der Waals surface area contributed by atoms with Crippen molar-refractivity contribution in [2.45, 2.75) is 19.3 Å². The third kappa shape index (κ3) is 2.64. The molecule has 1 aromatic heterocycles. The molecule has 0 bridgehead atoms. The zero-order valence-electron chi connectivity index (χ0n) is 8.48. The van der Waals surface area contributed by atoms with E-state index in [0.717, 1.165) is 13.1 Å². The van der Waals surface area contributed by atoms with Gasteiger partial charge in [0, 0.05) is 13.1 Å². The molecule has 1 aromatic rings. The van der Waals surface area contributed by atoms with Crippen LogP contribution in [0.5, 0.6) is 0 Å². The van der Waals surface area contributed by atoms with Crippen LogP contribution in [-0.4, -0.2) is 28.1 Å². The summed E-state index contributed by atoms with van der Waals surface area (Å²) in [7, 11) is 0. The molecule has 0 saturated carbocycles. The van der Waals surface area contributed by atoms with Crippen LogP contribution in [0.4, 0.5) is 5.82 Å². The molecule has 0 aliphatic carbocycles. The Morgan fingerprint density at radius 3 is 2.60 bits per heavy atom. The summed E-state index contributed by atoms with van der Waals surface area (Å²) in [5.41, 5.74) is 3.53. The Labute approximate surface area is 88.7 Å². The highest BCUT2D eigenvalue weighted by Crippen LogP contribution is 2.10. The van der Waals surface area contributed by atoms with Gasteiger partial charge in [-0.25, -0.2) is 15.0 Å². The summed E-state index contributed by atoms with van der Waals surface area (Å²) in [6, 6.07) is 1.94. The fraction of sp³-hybridized carbons (Fsp3) is 0.500. The van der Waals surface area contributed by atoms with Crippen molar-refractivity contribution < 1.29 is 0 Å². The van der Waals surface area contributed by atoms with Crippen molar-refractivity contribution in [2.24, 2.45) is 0 Å². The number of hydrogen-bond acceptors (Lipinski definition) is 5. The van der Waals surface area contributed by atoms with Gasteiger partial charge in [-0.05, 0) is 12.8 Å². The van der Waals surface area contributed by atoms with Gasteiger partial charge >= 0.3 is 0 Å². The Balaban J connectivity index is 1.95. The molecule has 1 aliphatic rings. The van der Waals surface area contributed by atoms with Gasteiger partial charge in [-0.2, -0.15) is 5.26 Å². The second-order valence-corrected chi connectivity index (χ2v) is 3.56. The molecule has 0 radical (unpaired) electrons. The third-order valence-corrected chi connectivity index (χ3v) is 2.40. The molecule has 0 spiro atoms. The van der Waals surface area contributed by atoms with E-state index in [-0.39, 0.29) is 0 Å². The molecule has 0 atom stereocenters. The van der Waals surface area contributed by atoms with Crippen molar-refractivity contribution in [1.29, 1.82) is 5.26 Å². The Morgan fingerprint density at radius 1 is 1.20 bits per heavy atom. The standard InChI is InChI=1S/C10H13N5/c11-6-9-7-13-10(8-12-9)14-15-4-2-1-3-5-15/h7-8H,1-5H2,(H,13,14). The molecule has 5 nitrogen and oxygen atoms in total. The maximum absolute atomic E-state index is 8.57. The average Bonchev–Trinajstić information content (AvgIpc) is 2.31. The van der Waals surface area contributed by atoms with Gasteiger partial charge in [0.05, 0.1) is 12.4 Å². The molecule has 1 N–H and O–H groups in total. The van der Waals surface area contributed by atoms with Crippen molar-refractivity contribution in [3.05, 3.63) is 18.1 Å². The number of nitrogens with zero attached hydrogens (tertiary/aromatic N) is 4. The van der Waals surface area contributed by atoms with E-state index in [2.05, 4.69) is 20.4 Å². The van der Waals surface area contributed by atoms with Gasteiger partial charge in [-0.1, -0.05) is 6.42 Å². The minimum Gasteiger partial charge on any atom is -0.302 e. The fourth-order valence-corrected chi connectivity index (χ4v) is 1.61. The highest BCUT2D eigenvalue weighted by Gasteiger charge is 2.09. The maximum atomic E-state index is 8.57. The van der Waals surface area contributed by atoms with E-state index in [9.17, 15) is 0 Å². The minimum absolute atomic E-state index is 0.346. The Morgan fingerprint density at radius 2 is 2.00 bits per heavy atom. The second-order valence-electron chi connectivity index (χ2n) is 3.56. The number of aromatic nitrogens is 2. The Kier molecular flexibility index (Phi) is 3.10. The maximum Gasteiger partial charge on any atom is 0.159 e. The molecule has 1 aliphatic heterocycles. The summed E-state index contributed by atoms with van der Waals surface area (Å²) in [6.07, 6.45) is 6.81. The van der Waals surface area contributed by atoms with E-state index >= 15 is 0 Å². The summed E-state index contributed by atoms with van der Waals surface area (Å²) in [6.45, 7) is 2.09. The summed E-state index contributed by atoms with van der Waals surface area (Å²) >= 11 is 0. The number of piperidine rings is 1. The monoisotopic (exact) mass is 203 g/mol. The van der Waals surface area contributed by atoms with Crippen molar-refractivity contribution in [3.8, 4) is 6.07 Å². The molecule has 0 unspecified atom stereocenters. The van der Waals surface area contributed by atoms with Gasteiger partial charge in [0.2, 0.25) is 0 Å². The van der Waals surface area contributed by atoms with Crippen molar-refractivity contribution in [3.63, 3.8) is 0 Å². The van der Waals surface area contributed by atoms with Crippen LogP contribution < -0.4 is 5.43 Å². The highest BCUT2D eigenvalue weighted by atomic mass is 15.5. The van der Waals surface area contributed by atoms with Gasteiger partial charge in [-0.3, -0.25) is 0 Å². The number of hydrogen-bond donors (Lipinski definition) is 1. The number of rotatable bonds is 2. The number of anilines is 1. The van der Waals surface area contributed by atoms with Crippen LogP contribution in [0, 0.1) is 11.3 Å². The van der Waals surface area contributed by atoms with Crippen molar-refractivity contribution in [1.82, 2.24) is 15.0 Å². The molecule has 0 aromatic carbocycles. The van der Waals surface area contributed by atoms with E-state index in [1.54, 1.807) is 6.20 Å². The first-order valence-electron chi connectivity index (χ1n) is 5.12. The van der Waals surface area contributed by atoms with Crippen LogP contribution in [0.3, 0.4) is 0 Å². The molecule has 15 heavy (non-hydrogen) atoms. The highest BCUT2D eigenvalue weighted by molar-refractivity contribution is 5.31. The lowest BCUT2D eigenvalue weighted by Crippen LogP contribution is -2.35. The van der Waals surface area contributed by atoms with Crippen LogP contribution >= 0.6 is 0 Å². The normalized spacial score (nSPS) is 17.0. The average molecular weight is 203 g/mol. The number of nitrogens with one attached hydrogen (secondary N) is 1. The first-order valence-corrected chi connectivity index (χ1v) is 5.12. The zero-order valence-corrected chi connectivity index (χ0v) is 8.48.